The van der Waals surface area contributed by atoms with Crippen molar-refractivity contribution < 1.29 is 5.03 Å². The summed E-state index contributed by atoms with van der Waals surface area (Å²) >= 11 is 24.1. The number of nitro groups is 1. The second-order valence-electron chi connectivity index (χ2n) is 4.12. The molecular formula is C12H4Cl4N2O2. The summed E-state index contributed by atoms with van der Waals surface area (Å²) in [5.41, 5.74) is 0.473. The third-order valence-electron chi connectivity index (χ3n) is 2.93. The molecule has 0 spiro atoms. The van der Waals surface area contributed by atoms with E-state index in [9.17, 15) is 10.1 Å². The van der Waals surface area contributed by atoms with E-state index in [1.807, 2.05) is 0 Å². The van der Waals surface area contributed by atoms with Crippen LogP contribution in [0.25, 0.3) is 21.8 Å². The zero-order valence-corrected chi connectivity index (χ0v) is 12.6. The fourth-order valence-corrected chi connectivity index (χ4v) is 3.40. The maximum absolute atomic E-state index is 11.3. The fourth-order valence-electron chi connectivity index (χ4n) is 2.25. The molecule has 0 bridgehead atoms. The molecule has 0 N–H and O–H groups in total. The Morgan fingerprint density at radius 3 is 1.60 bits per heavy atom. The van der Waals surface area contributed by atoms with Crippen LogP contribution in [0.5, 0.6) is 0 Å². The molecule has 0 atom stereocenters. The largest absolute Gasteiger partial charge is 0.234 e. The van der Waals surface area contributed by atoms with Gasteiger partial charge < -0.3 is 0 Å². The quantitative estimate of drug-likeness (QED) is 0.433. The van der Waals surface area contributed by atoms with Crippen LogP contribution in [0, 0.1) is 10.1 Å². The van der Waals surface area contributed by atoms with Crippen LogP contribution in [0.4, 0.5) is 0 Å². The Bertz CT molecular complexity index is 823. The van der Waals surface area contributed by atoms with E-state index in [1.165, 1.54) is 12.1 Å². The number of fused-ring (bicyclic) bond motifs is 3. The highest BCUT2D eigenvalue weighted by Gasteiger charge is 2.23. The van der Waals surface area contributed by atoms with E-state index in [4.69, 9.17) is 46.4 Å². The van der Waals surface area contributed by atoms with Gasteiger partial charge in [0.15, 0.2) is 5.03 Å². The van der Waals surface area contributed by atoms with Crippen LogP contribution in [0.3, 0.4) is 0 Å². The lowest BCUT2D eigenvalue weighted by Crippen LogP contribution is -2.08. The first-order chi connectivity index (χ1) is 9.40. The van der Waals surface area contributed by atoms with Crippen LogP contribution in [-0.2, 0) is 0 Å². The highest BCUT2D eigenvalue weighted by molar-refractivity contribution is 6.42. The topological polar surface area (TPSA) is 48.1 Å². The van der Waals surface area contributed by atoms with Crippen LogP contribution < -0.4 is 0 Å². The van der Waals surface area contributed by atoms with E-state index in [2.05, 4.69) is 0 Å². The number of hydrogen-bond acceptors (Lipinski definition) is 2. The summed E-state index contributed by atoms with van der Waals surface area (Å²) in [6, 6.07) is 6.08. The van der Waals surface area contributed by atoms with Gasteiger partial charge in [-0.1, -0.05) is 51.1 Å². The first-order valence-electron chi connectivity index (χ1n) is 5.33. The van der Waals surface area contributed by atoms with Crippen LogP contribution >= 0.6 is 46.4 Å². The third-order valence-corrected chi connectivity index (χ3v) is 3.95. The molecule has 0 aliphatic rings. The Kier molecular flexibility index (Phi) is 3.21. The maximum Gasteiger partial charge on any atom is 0.170 e. The van der Waals surface area contributed by atoms with E-state index in [0.717, 1.165) is 4.68 Å². The molecule has 0 aliphatic carbocycles. The molecule has 0 fully saturated rings. The molecule has 0 saturated carbocycles. The van der Waals surface area contributed by atoms with E-state index >= 15 is 0 Å². The summed E-state index contributed by atoms with van der Waals surface area (Å²) in [5, 5.41) is 12.9. The van der Waals surface area contributed by atoms with Gasteiger partial charge in [0.1, 0.15) is 11.0 Å². The van der Waals surface area contributed by atoms with Crippen molar-refractivity contribution in [3.05, 3.63) is 54.5 Å². The number of hydrogen-bond donors (Lipinski definition) is 0. The molecule has 0 aliphatic heterocycles. The lowest BCUT2D eigenvalue weighted by Gasteiger charge is -1.99. The molecule has 8 heteroatoms. The van der Waals surface area contributed by atoms with Crippen molar-refractivity contribution in [1.82, 2.24) is 4.68 Å². The first-order valence-corrected chi connectivity index (χ1v) is 6.84. The molecule has 20 heavy (non-hydrogen) atoms. The van der Waals surface area contributed by atoms with E-state index < -0.39 is 5.03 Å². The second kappa shape index (κ2) is 4.67. The van der Waals surface area contributed by atoms with E-state index in [1.54, 1.807) is 12.1 Å². The zero-order chi connectivity index (χ0) is 14.6. The Hall–Kier alpha value is -1.20. The van der Waals surface area contributed by atoms with Crippen molar-refractivity contribution in [2.45, 2.75) is 0 Å². The predicted molar refractivity (Wildman–Crippen MR) is 81.9 cm³/mol. The summed E-state index contributed by atoms with van der Waals surface area (Å²) in [6.45, 7) is 0. The van der Waals surface area contributed by atoms with Gasteiger partial charge in [-0.15, -0.1) is 0 Å². The Morgan fingerprint density at radius 1 is 0.850 bits per heavy atom. The molecular weight excluding hydrogens is 346 g/mol. The minimum absolute atomic E-state index is 0.174. The van der Waals surface area contributed by atoms with Crippen molar-refractivity contribution in [2.24, 2.45) is 0 Å². The summed E-state index contributed by atoms with van der Waals surface area (Å²) in [4.78, 5) is 11.3. The minimum Gasteiger partial charge on any atom is -0.234 e. The molecule has 0 radical (unpaired) electrons. The summed E-state index contributed by atoms with van der Waals surface area (Å²) in [6.07, 6.45) is 0. The monoisotopic (exact) mass is 348 g/mol. The van der Waals surface area contributed by atoms with Crippen molar-refractivity contribution >= 4 is 68.2 Å². The number of benzene rings is 2. The van der Waals surface area contributed by atoms with Crippen molar-refractivity contribution in [1.29, 1.82) is 0 Å². The average molecular weight is 350 g/mol. The lowest BCUT2D eigenvalue weighted by atomic mass is 10.1. The van der Waals surface area contributed by atoms with Gasteiger partial charge in [0.2, 0.25) is 0 Å². The summed E-state index contributed by atoms with van der Waals surface area (Å²) in [7, 11) is 0. The normalized spacial score (nSPS) is 11.4. The predicted octanol–water partition coefficient (Wildman–Crippen LogP) is 5.45. The number of halogens is 4. The Morgan fingerprint density at radius 2 is 1.25 bits per heavy atom. The molecule has 2 aromatic carbocycles. The van der Waals surface area contributed by atoms with Crippen molar-refractivity contribution in [3.63, 3.8) is 0 Å². The number of rotatable bonds is 1. The standard InChI is InChI=1S/C12H4Cl4N2O2/c13-5-1-7-8-2-6(14)4-10(16)12(8)17(18(19)20)11(7)9(15)3-5/h1-4H. The van der Waals surface area contributed by atoms with Gasteiger partial charge in [0, 0.05) is 20.8 Å². The highest BCUT2D eigenvalue weighted by atomic mass is 35.5. The van der Waals surface area contributed by atoms with Crippen molar-refractivity contribution in [3.8, 4) is 0 Å². The SMILES string of the molecule is O=[N+]([O-])n1c2c(Cl)cc(Cl)cc2c2cc(Cl)cc(Cl)c21. The number of nitrogens with zero attached hydrogens (tertiary/aromatic N) is 2. The van der Waals surface area contributed by atoms with Gasteiger partial charge in [-0.25, -0.2) is 10.1 Å². The molecule has 102 valence electrons. The molecule has 3 rings (SSSR count). The molecule has 3 aromatic rings. The second-order valence-corrected chi connectivity index (χ2v) is 5.80. The summed E-state index contributed by atoms with van der Waals surface area (Å²) in [5.74, 6) is 0. The zero-order valence-electron chi connectivity index (χ0n) is 9.53. The third kappa shape index (κ3) is 1.91. The van der Waals surface area contributed by atoms with E-state index in [0.29, 0.717) is 20.8 Å². The minimum atomic E-state index is -0.579. The van der Waals surface area contributed by atoms with Crippen LogP contribution in [0.15, 0.2) is 24.3 Å². The fraction of sp³-hybridized carbons (Fsp3) is 0. The first kappa shape index (κ1) is 13.8. The molecule has 1 aromatic heterocycles. The molecule has 0 amide bonds. The van der Waals surface area contributed by atoms with Gasteiger partial charge in [-0.3, -0.25) is 0 Å². The molecule has 0 saturated heterocycles. The summed E-state index contributed by atoms with van der Waals surface area (Å²) < 4.78 is 0.849. The number of aromatic nitrogens is 1. The van der Waals surface area contributed by atoms with Gasteiger partial charge in [-0.05, 0) is 24.3 Å². The van der Waals surface area contributed by atoms with E-state index in [-0.39, 0.29) is 21.1 Å². The lowest BCUT2D eigenvalue weighted by molar-refractivity contribution is -0.533. The van der Waals surface area contributed by atoms with Crippen LogP contribution in [0.2, 0.25) is 20.1 Å². The molecule has 0 unspecified atom stereocenters. The van der Waals surface area contributed by atoms with Gasteiger partial charge >= 0.3 is 0 Å². The van der Waals surface area contributed by atoms with Crippen molar-refractivity contribution in [2.75, 3.05) is 0 Å². The van der Waals surface area contributed by atoms with Crippen LogP contribution in [0.1, 0.15) is 0 Å². The van der Waals surface area contributed by atoms with Gasteiger partial charge in [-0.2, -0.15) is 0 Å². The average Bonchev–Trinajstić information content (AvgIpc) is 2.64. The van der Waals surface area contributed by atoms with Gasteiger partial charge in [0.25, 0.3) is 0 Å². The highest BCUT2D eigenvalue weighted by Crippen LogP contribution is 2.39. The van der Waals surface area contributed by atoms with Crippen LogP contribution in [-0.4, -0.2) is 9.71 Å². The smallest absolute Gasteiger partial charge is 0.170 e. The maximum atomic E-state index is 11.3. The van der Waals surface area contributed by atoms with Gasteiger partial charge in [0.05, 0.1) is 10.0 Å². The molecule has 1 heterocycles. The Balaban J connectivity index is 2.70. The molecule has 4 nitrogen and oxygen atoms in total. The Labute approximate surface area is 132 Å².